The van der Waals surface area contributed by atoms with Gasteiger partial charge in [-0.1, -0.05) is 72.8 Å². The first-order chi connectivity index (χ1) is 12.9. The Kier molecular flexibility index (Phi) is 8.34. The number of ether oxygens (including phenoxy) is 1. The summed E-state index contributed by atoms with van der Waals surface area (Å²) >= 11 is 0. The predicted molar refractivity (Wildman–Crippen MR) is 120 cm³/mol. The first kappa shape index (κ1) is 22.3. The van der Waals surface area contributed by atoms with Crippen LogP contribution in [0.5, 0.6) is 5.75 Å². The molecule has 3 aromatic carbocycles. The Hall–Kier alpha value is -2.04. The number of fused-ring (bicyclic) bond motifs is 1. The summed E-state index contributed by atoms with van der Waals surface area (Å²) in [4.78, 5) is 0. The van der Waals surface area contributed by atoms with Crippen LogP contribution in [0, 0.1) is 0 Å². The maximum atomic E-state index is 5.51. The summed E-state index contributed by atoms with van der Waals surface area (Å²) in [5.74, 6) is 0.924. The largest absolute Gasteiger partial charge is 0.496 e. The second-order valence-corrected chi connectivity index (χ2v) is 6.64. The van der Waals surface area contributed by atoms with Gasteiger partial charge in [0.2, 0.25) is 0 Å². The van der Waals surface area contributed by atoms with Crippen LogP contribution in [0.15, 0.2) is 78.9 Å². The fraction of sp³-hybridized carbons (Fsp3) is 0.217. The van der Waals surface area contributed by atoms with Crippen LogP contribution >= 0.6 is 24.8 Å². The Morgan fingerprint density at radius 3 is 2.36 bits per heavy atom. The molecular formula is C23H26Cl2N2O. The molecule has 28 heavy (non-hydrogen) atoms. The van der Waals surface area contributed by atoms with Crippen molar-refractivity contribution in [1.82, 2.24) is 10.6 Å². The Morgan fingerprint density at radius 2 is 1.57 bits per heavy atom. The zero-order valence-electron chi connectivity index (χ0n) is 15.8. The van der Waals surface area contributed by atoms with Crippen molar-refractivity contribution < 1.29 is 4.74 Å². The zero-order chi connectivity index (χ0) is 17.8. The fourth-order valence-corrected chi connectivity index (χ4v) is 3.78. The van der Waals surface area contributed by atoms with E-state index in [2.05, 4.69) is 77.4 Å². The van der Waals surface area contributed by atoms with E-state index < -0.39 is 0 Å². The molecule has 0 aromatic heterocycles. The fourth-order valence-electron chi connectivity index (χ4n) is 3.78. The molecule has 1 heterocycles. The van der Waals surface area contributed by atoms with Crippen molar-refractivity contribution >= 4 is 24.8 Å². The standard InChI is InChI=1S/C23H24N2O.2ClH/c1-26-21-14-8-6-12-19(21)16-25-23-20-13-7-5-11-18(20)15-24-22(23)17-9-3-2-4-10-17;;/h2-14,22-25H,15-16H2,1H3;2*1H/t22-,23+;;/m0../s1. The van der Waals surface area contributed by atoms with E-state index in [0.29, 0.717) is 0 Å². The first-order valence-corrected chi connectivity index (χ1v) is 9.08. The Labute approximate surface area is 179 Å². The van der Waals surface area contributed by atoms with E-state index in [9.17, 15) is 0 Å². The van der Waals surface area contributed by atoms with Gasteiger partial charge in [-0.2, -0.15) is 0 Å². The van der Waals surface area contributed by atoms with Gasteiger partial charge in [0, 0.05) is 18.7 Å². The van der Waals surface area contributed by atoms with Gasteiger partial charge in [-0.25, -0.2) is 0 Å². The topological polar surface area (TPSA) is 33.3 Å². The molecule has 0 aliphatic carbocycles. The molecule has 0 saturated heterocycles. The molecule has 3 nitrogen and oxygen atoms in total. The van der Waals surface area contributed by atoms with Crippen LogP contribution in [0.1, 0.15) is 34.3 Å². The molecule has 4 rings (SSSR count). The Bertz CT molecular complexity index is 873. The van der Waals surface area contributed by atoms with Crippen molar-refractivity contribution in [2.75, 3.05) is 7.11 Å². The number of benzene rings is 3. The Balaban J connectivity index is 0.00000140. The van der Waals surface area contributed by atoms with E-state index in [0.717, 1.165) is 18.8 Å². The van der Waals surface area contributed by atoms with Crippen molar-refractivity contribution in [2.45, 2.75) is 25.2 Å². The highest BCUT2D eigenvalue weighted by molar-refractivity contribution is 5.85. The van der Waals surface area contributed by atoms with Crippen LogP contribution in [-0.4, -0.2) is 7.11 Å². The van der Waals surface area contributed by atoms with Crippen LogP contribution in [-0.2, 0) is 13.1 Å². The van der Waals surface area contributed by atoms with Crippen molar-refractivity contribution in [2.24, 2.45) is 0 Å². The molecule has 0 bridgehead atoms. The molecule has 0 radical (unpaired) electrons. The molecule has 0 amide bonds. The molecule has 1 aliphatic rings. The normalized spacial score (nSPS) is 17.6. The lowest BCUT2D eigenvalue weighted by Crippen LogP contribution is -2.39. The van der Waals surface area contributed by atoms with Gasteiger partial charge in [0.15, 0.2) is 0 Å². The number of nitrogens with one attached hydrogen (secondary N) is 2. The molecule has 1 aliphatic heterocycles. The molecule has 2 N–H and O–H groups in total. The molecule has 0 spiro atoms. The van der Waals surface area contributed by atoms with Crippen molar-refractivity contribution in [3.8, 4) is 5.75 Å². The van der Waals surface area contributed by atoms with Crippen molar-refractivity contribution in [1.29, 1.82) is 0 Å². The van der Waals surface area contributed by atoms with E-state index in [1.54, 1.807) is 7.11 Å². The van der Waals surface area contributed by atoms with Gasteiger partial charge >= 0.3 is 0 Å². The molecule has 3 aromatic rings. The maximum absolute atomic E-state index is 5.51. The minimum absolute atomic E-state index is 0. The zero-order valence-corrected chi connectivity index (χ0v) is 17.4. The summed E-state index contributed by atoms with van der Waals surface area (Å²) in [5.41, 5.74) is 5.21. The second kappa shape index (κ2) is 10.5. The number of hydrogen-bond donors (Lipinski definition) is 2. The van der Waals surface area contributed by atoms with Crippen LogP contribution in [0.4, 0.5) is 0 Å². The maximum Gasteiger partial charge on any atom is 0.123 e. The van der Waals surface area contributed by atoms with Crippen LogP contribution in [0.2, 0.25) is 0 Å². The second-order valence-electron chi connectivity index (χ2n) is 6.64. The van der Waals surface area contributed by atoms with Crippen molar-refractivity contribution in [3.05, 3.63) is 101 Å². The number of hydrogen-bond acceptors (Lipinski definition) is 3. The molecular weight excluding hydrogens is 391 g/mol. The quantitative estimate of drug-likeness (QED) is 0.598. The number of para-hydroxylation sites is 1. The molecule has 0 fully saturated rings. The summed E-state index contributed by atoms with van der Waals surface area (Å²) < 4.78 is 5.51. The molecule has 0 saturated carbocycles. The third-order valence-electron chi connectivity index (χ3n) is 5.10. The predicted octanol–water partition coefficient (Wildman–Crippen LogP) is 5.21. The minimum Gasteiger partial charge on any atom is -0.496 e. The summed E-state index contributed by atoms with van der Waals surface area (Å²) in [6.07, 6.45) is 0. The van der Waals surface area contributed by atoms with Crippen LogP contribution in [0.25, 0.3) is 0 Å². The molecule has 0 unspecified atom stereocenters. The first-order valence-electron chi connectivity index (χ1n) is 9.08. The van der Waals surface area contributed by atoms with Crippen molar-refractivity contribution in [3.63, 3.8) is 0 Å². The van der Waals surface area contributed by atoms with Gasteiger partial charge in [0.25, 0.3) is 0 Å². The number of halogens is 2. The smallest absolute Gasteiger partial charge is 0.123 e. The number of rotatable bonds is 5. The van der Waals surface area contributed by atoms with Gasteiger partial charge in [-0.05, 0) is 22.8 Å². The summed E-state index contributed by atoms with van der Waals surface area (Å²) in [6, 6.07) is 28.0. The van der Waals surface area contributed by atoms with E-state index >= 15 is 0 Å². The van der Waals surface area contributed by atoms with E-state index in [-0.39, 0.29) is 36.9 Å². The van der Waals surface area contributed by atoms with Crippen LogP contribution < -0.4 is 15.4 Å². The minimum atomic E-state index is 0. The SMILES string of the molecule is COc1ccccc1CN[C@@H]1c2ccccc2CN[C@H]1c1ccccc1.Cl.Cl. The van der Waals surface area contributed by atoms with E-state index in [4.69, 9.17) is 4.74 Å². The van der Waals surface area contributed by atoms with Crippen LogP contribution in [0.3, 0.4) is 0 Å². The lowest BCUT2D eigenvalue weighted by molar-refractivity contribution is 0.351. The van der Waals surface area contributed by atoms with Gasteiger partial charge < -0.3 is 15.4 Å². The third-order valence-corrected chi connectivity index (χ3v) is 5.10. The van der Waals surface area contributed by atoms with Gasteiger partial charge in [-0.15, -0.1) is 24.8 Å². The lowest BCUT2D eigenvalue weighted by Gasteiger charge is -2.36. The van der Waals surface area contributed by atoms with Gasteiger partial charge in [0.1, 0.15) is 5.75 Å². The average molecular weight is 417 g/mol. The highest BCUT2D eigenvalue weighted by Gasteiger charge is 2.29. The molecule has 5 heteroatoms. The van der Waals surface area contributed by atoms with Gasteiger partial charge in [0.05, 0.1) is 19.2 Å². The average Bonchev–Trinajstić information content (AvgIpc) is 2.72. The van der Waals surface area contributed by atoms with E-state index in [1.807, 2.05) is 12.1 Å². The summed E-state index contributed by atoms with van der Waals surface area (Å²) in [5, 5.41) is 7.49. The summed E-state index contributed by atoms with van der Waals surface area (Å²) in [6.45, 7) is 1.65. The highest BCUT2D eigenvalue weighted by Crippen LogP contribution is 2.35. The van der Waals surface area contributed by atoms with E-state index in [1.165, 1.54) is 22.3 Å². The highest BCUT2D eigenvalue weighted by atomic mass is 35.5. The molecule has 2 atom stereocenters. The number of methoxy groups -OCH3 is 1. The Morgan fingerprint density at radius 1 is 0.893 bits per heavy atom. The monoisotopic (exact) mass is 416 g/mol. The molecule has 148 valence electrons. The summed E-state index contributed by atoms with van der Waals surface area (Å²) in [7, 11) is 1.73. The van der Waals surface area contributed by atoms with Gasteiger partial charge in [-0.3, -0.25) is 0 Å². The lowest BCUT2D eigenvalue weighted by atomic mass is 9.87. The third kappa shape index (κ3) is 4.68.